The predicted octanol–water partition coefficient (Wildman–Crippen LogP) is 1.62. The monoisotopic (exact) mass is 263 g/mol. The molecule has 5 heteroatoms. The van der Waals surface area contributed by atoms with Crippen molar-refractivity contribution in [3.63, 3.8) is 0 Å². The van der Waals surface area contributed by atoms with Crippen LogP contribution in [0.25, 0.3) is 0 Å². The Balaban J connectivity index is 1.56. The molecule has 0 spiro atoms. The maximum Gasteiger partial charge on any atom is 0.225 e. The third kappa shape index (κ3) is 2.97. The summed E-state index contributed by atoms with van der Waals surface area (Å²) in [5, 5.41) is 4.29. The van der Waals surface area contributed by atoms with Gasteiger partial charge >= 0.3 is 0 Å². The number of aromatic nitrogens is 2. The second-order valence-corrected chi connectivity index (χ2v) is 5.46. The van der Waals surface area contributed by atoms with Crippen molar-refractivity contribution in [3.8, 4) is 0 Å². The largest absolute Gasteiger partial charge is 0.378 e. The molecular formula is C14H21N3O2. The lowest BCUT2D eigenvalue weighted by atomic mass is 10.0. The molecule has 2 atom stereocenters. The molecule has 2 fully saturated rings. The van der Waals surface area contributed by atoms with Gasteiger partial charge in [-0.1, -0.05) is 0 Å². The first-order valence-corrected chi connectivity index (χ1v) is 7.21. The maximum atomic E-state index is 12.3. The lowest BCUT2D eigenvalue weighted by Crippen LogP contribution is -2.41. The zero-order chi connectivity index (χ0) is 13.1. The van der Waals surface area contributed by atoms with Crippen LogP contribution in [0.2, 0.25) is 0 Å². The first-order chi connectivity index (χ1) is 9.33. The van der Waals surface area contributed by atoms with E-state index in [1.54, 1.807) is 6.20 Å². The summed E-state index contributed by atoms with van der Waals surface area (Å²) in [7, 11) is 0. The predicted molar refractivity (Wildman–Crippen MR) is 70.7 cm³/mol. The molecule has 1 aromatic rings. The summed E-state index contributed by atoms with van der Waals surface area (Å²) in [5.41, 5.74) is 0. The van der Waals surface area contributed by atoms with Crippen LogP contribution in [-0.2, 0) is 9.53 Å². The molecule has 5 nitrogen and oxygen atoms in total. The number of likely N-dealkylation sites (tertiary alicyclic amines) is 1. The minimum atomic E-state index is 0.151. The fraction of sp³-hybridized carbons (Fsp3) is 0.714. The van der Waals surface area contributed by atoms with E-state index >= 15 is 0 Å². The summed E-state index contributed by atoms with van der Waals surface area (Å²) in [6.45, 7) is 2.48. The van der Waals surface area contributed by atoms with Gasteiger partial charge in [0.2, 0.25) is 5.91 Å². The van der Waals surface area contributed by atoms with Gasteiger partial charge in [0.25, 0.3) is 0 Å². The van der Waals surface area contributed by atoms with Gasteiger partial charge in [-0.15, -0.1) is 0 Å². The van der Waals surface area contributed by atoms with E-state index in [0.29, 0.717) is 12.5 Å². The van der Waals surface area contributed by atoms with Gasteiger partial charge in [0.1, 0.15) is 0 Å². The third-order valence-electron chi connectivity index (χ3n) is 4.07. The van der Waals surface area contributed by atoms with Gasteiger partial charge in [-0.25, -0.2) is 0 Å². The van der Waals surface area contributed by atoms with Crippen molar-refractivity contribution < 1.29 is 9.53 Å². The minimum absolute atomic E-state index is 0.151. The lowest BCUT2D eigenvalue weighted by Gasteiger charge is -2.33. The third-order valence-corrected chi connectivity index (χ3v) is 4.07. The quantitative estimate of drug-likeness (QED) is 0.832. The Hall–Kier alpha value is -1.36. The number of carbonyl (C=O) groups excluding carboxylic acids is 1. The number of rotatable bonds is 3. The number of amides is 1. The van der Waals surface area contributed by atoms with Crippen LogP contribution in [-0.4, -0.2) is 46.4 Å². The summed E-state index contributed by atoms with van der Waals surface area (Å²) in [4.78, 5) is 14.3. The fourth-order valence-electron chi connectivity index (χ4n) is 3.02. The van der Waals surface area contributed by atoms with Gasteiger partial charge in [0.15, 0.2) is 0 Å². The van der Waals surface area contributed by atoms with E-state index < -0.39 is 0 Å². The molecule has 0 radical (unpaired) electrons. The van der Waals surface area contributed by atoms with Crippen molar-refractivity contribution in [1.82, 2.24) is 14.7 Å². The zero-order valence-corrected chi connectivity index (χ0v) is 11.2. The van der Waals surface area contributed by atoms with Crippen LogP contribution in [0.3, 0.4) is 0 Å². The summed E-state index contributed by atoms with van der Waals surface area (Å²) in [5.74, 6) is 0.240. The normalized spacial score (nSPS) is 27.7. The molecule has 0 bridgehead atoms. The van der Waals surface area contributed by atoms with E-state index in [9.17, 15) is 4.79 Å². The molecule has 0 aliphatic carbocycles. The van der Waals surface area contributed by atoms with Crippen LogP contribution in [0.4, 0.5) is 0 Å². The highest BCUT2D eigenvalue weighted by molar-refractivity contribution is 5.76. The summed E-state index contributed by atoms with van der Waals surface area (Å²) < 4.78 is 7.53. The Bertz CT molecular complexity index is 412. The SMILES string of the molecule is O=C(C[C@H]1CCCO1)N1CCC[C@@H](n2cccn2)C1. The van der Waals surface area contributed by atoms with Crippen LogP contribution in [0.5, 0.6) is 0 Å². The minimum Gasteiger partial charge on any atom is -0.378 e. The highest BCUT2D eigenvalue weighted by atomic mass is 16.5. The van der Waals surface area contributed by atoms with Gasteiger partial charge in [-0.2, -0.15) is 5.10 Å². The van der Waals surface area contributed by atoms with E-state index in [-0.39, 0.29) is 12.0 Å². The van der Waals surface area contributed by atoms with Crippen molar-refractivity contribution in [1.29, 1.82) is 0 Å². The van der Waals surface area contributed by atoms with Gasteiger partial charge in [0.05, 0.1) is 18.6 Å². The molecule has 3 rings (SSSR count). The highest BCUT2D eigenvalue weighted by Gasteiger charge is 2.27. The molecule has 0 saturated carbocycles. The van der Waals surface area contributed by atoms with E-state index in [2.05, 4.69) is 5.10 Å². The number of hydrogen-bond donors (Lipinski definition) is 0. The van der Waals surface area contributed by atoms with Crippen molar-refractivity contribution in [2.75, 3.05) is 19.7 Å². The topological polar surface area (TPSA) is 47.4 Å². The molecular weight excluding hydrogens is 242 g/mol. The van der Waals surface area contributed by atoms with Crippen LogP contribution in [0, 0.1) is 0 Å². The Morgan fingerprint density at radius 3 is 3.05 bits per heavy atom. The number of nitrogens with zero attached hydrogens (tertiary/aromatic N) is 3. The van der Waals surface area contributed by atoms with Crippen molar-refractivity contribution in [2.24, 2.45) is 0 Å². The highest BCUT2D eigenvalue weighted by Crippen LogP contribution is 2.23. The lowest BCUT2D eigenvalue weighted by molar-refractivity contribution is -0.135. The van der Waals surface area contributed by atoms with Crippen molar-refractivity contribution in [2.45, 2.75) is 44.2 Å². The van der Waals surface area contributed by atoms with E-state index in [4.69, 9.17) is 4.74 Å². The summed E-state index contributed by atoms with van der Waals surface area (Å²) >= 11 is 0. The molecule has 1 amide bonds. The van der Waals surface area contributed by atoms with Crippen LogP contribution in [0.15, 0.2) is 18.5 Å². The second kappa shape index (κ2) is 5.74. The molecule has 0 aromatic carbocycles. The Kier molecular flexibility index (Phi) is 3.82. The molecule has 2 aliphatic heterocycles. The first kappa shape index (κ1) is 12.7. The van der Waals surface area contributed by atoms with Crippen LogP contribution in [0.1, 0.15) is 38.1 Å². The standard InChI is InChI=1S/C14H21N3O2/c18-14(10-13-5-2-9-19-13)16-7-1-4-12(11-16)17-8-3-6-15-17/h3,6,8,12-13H,1-2,4-5,7,9-11H2/t12-,13-/m1/s1. The number of ether oxygens (including phenoxy) is 1. The second-order valence-electron chi connectivity index (χ2n) is 5.46. The zero-order valence-electron chi connectivity index (χ0n) is 11.2. The van der Waals surface area contributed by atoms with Gasteiger partial charge in [-0.05, 0) is 31.7 Å². The number of piperidine rings is 1. The van der Waals surface area contributed by atoms with Crippen molar-refractivity contribution >= 4 is 5.91 Å². The number of hydrogen-bond acceptors (Lipinski definition) is 3. The van der Waals surface area contributed by atoms with Gasteiger partial charge in [-0.3, -0.25) is 9.48 Å². The van der Waals surface area contributed by atoms with Gasteiger partial charge < -0.3 is 9.64 Å². The molecule has 19 heavy (non-hydrogen) atoms. The van der Waals surface area contributed by atoms with Crippen molar-refractivity contribution in [3.05, 3.63) is 18.5 Å². The maximum absolute atomic E-state index is 12.3. The van der Waals surface area contributed by atoms with E-state index in [0.717, 1.165) is 45.4 Å². The van der Waals surface area contributed by atoms with Gasteiger partial charge in [0, 0.05) is 32.1 Å². The Labute approximate surface area is 113 Å². The first-order valence-electron chi connectivity index (χ1n) is 7.21. The van der Waals surface area contributed by atoms with E-state index in [1.165, 1.54) is 0 Å². The molecule has 3 heterocycles. The molecule has 0 N–H and O–H groups in total. The molecule has 2 aliphatic rings. The molecule has 2 saturated heterocycles. The average molecular weight is 263 g/mol. The number of carbonyl (C=O) groups is 1. The fourth-order valence-corrected chi connectivity index (χ4v) is 3.02. The van der Waals surface area contributed by atoms with Crippen LogP contribution >= 0.6 is 0 Å². The Morgan fingerprint density at radius 2 is 2.32 bits per heavy atom. The molecule has 104 valence electrons. The smallest absolute Gasteiger partial charge is 0.225 e. The molecule has 0 unspecified atom stereocenters. The van der Waals surface area contributed by atoms with E-state index in [1.807, 2.05) is 21.8 Å². The summed E-state index contributed by atoms with van der Waals surface area (Å²) in [6.07, 6.45) is 8.76. The Morgan fingerprint density at radius 1 is 1.37 bits per heavy atom. The molecule has 1 aromatic heterocycles. The summed E-state index contributed by atoms with van der Waals surface area (Å²) in [6, 6.07) is 2.27. The van der Waals surface area contributed by atoms with Crippen LogP contribution < -0.4 is 0 Å². The average Bonchev–Trinajstić information content (AvgIpc) is 3.12.